The summed E-state index contributed by atoms with van der Waals surface area (Å²) in [6.07, 6.45) is 0.320. The molecule has 0 saturated heterocycles. The molecule has 146 valence electrons. The summed E-state index contributed by atoms with van der Waals surface area (Å²) in [6, 6.07) is 8.66. The molecule has 0 fully saturated rings. The molecular formula is C19H25N3O4S. The molecule has 0 aliphatic carbocycles. The number of rotatable bonds is 7. The van der Waals surface area contributed by atoms with E-state index in [9.17, 15) is 9.59 Å². The van der Waals surface area contributed by atoms with Crippen LogP contribution in [0.15, 0.2) is 41.9 Å². The normalized spacial score (nSPS) is 13.5. The summed E-state index contributed by atoms with van der Waals surface area (Å²) in [5.74, 6) is -0.420. The Balaban J connectivity index is 2.04. The van der Waals surface area contributed by atoms with Crippen molar-refractivity contribution < 1.29 is 19.1 Å². The van der Waals surface area contributed by atoms with Gasteiger partial charge < -0.3 is 20.1 Å². The second-order valence-corrected chi connectivity index (χ2v) is 7.85. The molecule has 27 heavy (non-hydrogen) atoms. The van der Waals surface area contributed by atoms with Gasteiger partial charge in [0, 0.05) is 11.6 Å². The summed E-state index contributed by atoms with van der Waals surface area (Å²) in [5.41, 5.74) is 0.301. The predicted octanol–water partition coefficient (Wildman–Crippen LogP) is 3.58. The molecule has 0 radical (unpaired) electrons. The van der Waals surface area contributed by atoms with Crippen LogP contribution in [0.1, 0.15) is 33.3 Å². The van der Waals surface area contributed by atoms with Gasteiger partial charge in [0.2, 0.25) is 0 Å². The van der Waals surface area contributed by atoms with Gasteiger partial charge in [-0.25, -0.2) is 9.78 Å². The molecule has 2 amide bonds. The molecule has 7 nitrogen and oxygen atoms in total. The van der Waals surface area contributed by atoms with Crippen LogP contribution >= 0.6 is 11.3 Å². The fourth-order valence-corrected chi connectivity index (χ4v) is 2.73. The van der Waals surface area contributed by atoms with Crippen molar-refractivity contribution in [3.05, 3.63) is 47.5 Å². The number of amides is 2. The number of carbonyl (C=O) groups is 2. The Labute approximate surface area is 163 Å². The van der Waals surface area contributed by atoms with E-state index in [-0.39, 0.29) is 0 Å². The maximum atomic E-state index is 12.7. The largest absolute Gasteiger partial charge is 0.444 e. The highest BCUT2D eigenvalue weighted by Crippen LogP contribution is 2.14. The number of hydrogen-bond donors (Lipinski definition) is 2. The van der Waals surface area contributed by atoms with E-state index in [4.69, 9.17) is 9.47 Å². The fraction of sp³-hybridized carbons (Fsp3) is 0.421. The lowest BCUT2D eigenvalue weighted by atomic mass is 10.1. The number of benzene rings is 1. The third-order valence-electron chi connectivity index (χ3n) is 3.44. The lowest BCUT2D eigenvalue weighted by Crippen LogP contribution is -2.52. The third-order valence-corrected chi connectivity index (χ3v) is 4.13. The topological polar surface area (TPSA) is 89.5 Å². The number of nitrogens with zero attached hydrogens (tertiary/aromatic N) is 1. The third kappa shape index (κ3) is 7.36. The first-order valence-electron chi connectivity index (χ1n) is 8.60. The Morgan fingerprint density at radius 2 is 1.93 bits per heavy atom. The number of nitrogens with one attached hydrogen (secondary N) is 2. The Morgan fingerprint density at radius 3 is 2.52 bits per heavy atom. The van der Waals surface area contributed by atoms with E-state index >= 15 is 0 Å². The van der Waals surface area contributed by atoms with Gasteiger partial charge in [-0.1, -0.05) is 30.3 Å². The maximum absolute atomic E-state index is 12.7. The van der Waals surface area contributed by atoms with Crippen molar-refractivity contribution in [3.8, 4) is 0 Å². The maximum Gasteiger partial charge on any atom is 0.408 e. The molecule has 2 rings (SSSR count). The molecule has 2 aromatic rings. The smallest absolute Gasteiger partial charge is 0.408 e. The highest BCUT2D eigenvalue weighted by Gasteiger charge is 2.30. The Morgan fingerprint density at radius 1 is 1.22 bits per heavy atom. The fourth-order valence-electron chi connectivity index (χ4n) is 2.20. The van der Waals surface area contributed by atoms with Crippen molar-refractivity contribution in [2.45, 2.75) is 52.0 Å². The van der Waals surface area contributed by atoms with Crippen LogP contribution in [-0.2, 0) is 20.9 Å². The standard InChI is InChI=1S/C19H25N3O4S/c1-13(25-12-14-8-6-5-7-9-14)15(21-18(24)26-19(2,3)4)16(23)22-17-20-10-11-27-17/h5-11,13,15H,12H2,1-4H3,(H,21,24)(H,20,22,23). The summed E-state index contributed by atoms with van der Waals surface area (Å²) in [4.78, 5) is 28.9. The molecular weight excluding hydrogens is 366 g/mol. The molecule has 0 saturated carbocycles. The zero-order valence-corrected chi connectivity index (χ0v) is 16.7. The van der Waals surface area contributed by atoms with Crippen molar-refractivity contribution in [2.24, 2.45) is 0 Å². The van der Waals surface area contributed by atoms with E-state index in [1.54, 1.807) is 39.3 Å². The number of anilines is 1. The van der Waals surface area contributed by atoms with Gasteiger partial charge in [-0.15, -0.1) is 11.3 Å². The Bertz CT molecular complexity index is 729. The van der Waals surface area contributed by atoms with E-state index in [1.807, 2.05) is 30.3 Å². The van der Waals surface area contributed by atoms with Gasteiger partial charge in [0.05, 0.1) is 12.7 Å². The first-order valence-corrected chi connectivity index (χ1v) is 9.48. The van der Waals surface area contributed by atoms with Crippen LogP contribution in [0, 0.1) is 0 Å². The minimum absolute atomic E-state index is 0.318. The average molecular weight is 391 g/mol. The molecule has 8 heteroatoms. The van der Waals surface area contributed by atoms with Crippen LogP contribution in [0.4, 0.5) is 9.93 Å². The van der Waals surface area contributed by atoms with Gasteiger partial charge in [0.25, 0.3) is 5.91 Å². The molecule has 2 atom stereocenters. The van der Waals surface area contributed by atoms with Gasteiger partial charge in [0.1, 0.15) is 11.6 Å². The van der Waals surface area contributed by atoms with Crippen LogP contribution in [0.25, 0.3) is 0 Å². The minimum Gasteiger partial charge on any atom is -0.444 e. The summed E-state index contributed by atoms with van der Waals surface area (Å²) in [5, 5.41) is 7.49. The van der Waals surface area contributed by atoms with Gasteiger partial charge in [-0.2, -0.15) is 0 Å². The van der Waals surface area contributed by atoms with Crippen molar-refractivity contribution in [2.75, 3.05) is 5.32 Å². The van der Waals surface area contributed by atoms with Crippen LogP contribution in [0.2, 0.25) is 0 Å². The van der Waals surface area contributed by atoms with E-state index in [0.717, 1.165) is 5.56 Å². The lowest BCUT2D eigenvalue weighted by Gasteiger charge is -2.26. The van der Waals surface area contributed by atoms with Crippen molar-refractivity contribution >= 4 is 28.5 Å². The van der Waals surface area contributed by atoms with Crippen LogP contribution < -0.4 is 10.6 Å². The number of alkyl carbamates (subject to hydrolysis) is 1. The van der Waals surface area contributed by atoms with E-state index in [1.165, 1.54) is 11.3 Å². The first-order chi connectivity index (χ1) is 12.7. The quantitative estimate of drug-likeness (QED) is 0.753. The van der Waals surface area contributed by atoms with Gasteiger partial charge in [-0.3, -0.25) is 4.79 Å². The molecule has 2 N–H and O–H groups in total. The molecule has 1 heterocycles. The van der Waals surface area contributed by atoms with Crippen LogP contribution in [0.5, 0.6) is 0 Å². The zero-order valence-electron chi connectivity index (χ0n) is 15.9. The molecule has 2 unspecified atom stereocenters. The van der Waals surface area contributed by atoms with Crippen LogP contribution in [-0.4, -0.2) is 34.7 Å². The lowest BCUT2D eigenvalue weighted by molar-refractivity contribution is -0.122. The molecule has 1 aromatic heterocycles. The Kier molecular flexibility index (Phi) is 7.32. The summed E-state index contributed by atoms with van der Waals surface area (Å²) < 4.78 is 11.1. The summed E-state index contributed by atoms with van der Waals surface area (Å²) in [7, 11) is 0. The molecule has 0 aliphatic rings. The van der Waals surface area contributed by atoms with Gasteiger partial charge in [0.15, 0.2) is 5.13 Å². The highest BCUT2D eigenvalue weighted by atomic mass is 32.1. The Hall–Kier alpha value is -2.45. The first kappa shape index (κ1) is 20.9. The van der Waals surface area contributed by atoms with E-state index in [2.05, 4.69) is 15.6 Å². The average Bonchev–Trinajstić information content (AvgIpc) is 3.10. The predicted molar refractivity (Wildman–Crippen MR) is 105 cm³/mol. The van der Waals surface area contributed by atoms with Gasteiger partial charge in [-0.05, 0) is 33.3 Å². The van der Waals surface area contributed by atoms with Crippen molar-refractivity contribution in [1.29, 1.82) is 0 Å². The zero-order chi connectivity index (χ0) is 19.9. The van der Waals surface area contributed by atoms with E-state index < -0.39 is 29.7 Å². The van der Waals surface area contributed by atoms with Crippen molar-refractivity contribution in [3.63, 3.8) is 0 Å². The number of thiazole rings is 1. The summed E-state index contributed by atoms with van der Waals surface area (Å²) in [6.45, 7) is 7.32. The molecule has 0 bridgehead atoms. The van der Waals surface area contributed by atoms with Gasteiger partial charge >= 0.3 is 6.09 Å². The highest BCUT2D eigenvalue weighted by molar-refractivity contribution is 7.13. The number of ether oxygens (including phenoxy) is 2. The summed E-state index contributed by atoms with van der Waals surface area (Å²) >= 11 is 1.29. The number of carbonyl (C=O) groups excluding carboxylic acids is 2. The monoisotopic (exact) mass is 391 g/mol. The number of hydrogen-bond acceptors (Lipinski definition) is 6. The second-order valence-electron chi connectivity index (χ2n) is 6.95. The number of aromatic nitrogens is 1. The van der Waals surface area contributed by atoms with Crippen LogP contribution in [0.3, 0.4) is 0 Å². The SMILES string of the molecule is CC(OCc1ccccc1)C(NC(=O)OC(C)(C)C)C(=O)Nc1nccs1. The van der Waals surface area contributed by atoms with E-state index in [0.29, 0.717) is 11.7 Å². The minimum atomic E-state index is -0.938. The van der Waals surface area contributed by atoms with Crippen molar-refractivity contribution in [1.82, 2.24) is 10.3 Å². The molecule has 1 aromatic carbocycles. The molecule has 0 aliphatic heterocycles. The molecule has 0 spiro atoms. The second kappa shape index (κ2) is 9.48.